The Morgan fingerprint density at radius 3 is 1.94 bits per heavy atom. The van der Waals surface area contributed by atoms with Gasteiger partial charge in [-0.3, -0.25) is 24.0 Å². The van der Waals surface area contributed by atoms with Crippen LogP contribution in [0, 0.1) is 0 Å². The molecule has 1 saturated heterocycles. The third-order valence-corrected chi connectivity index (χ3v) is 6.63. The van der Waals surface area contributed by atoms with Crippen LogP contribution in [0.5, 0.6) is 0 Å². The topological polar surface area (TPSA) is 200 Å². The van der Waals surface area contributed by atoms with Crippen molar-refractivity contribution in [2.45, 2.75) is 69.1 Å². The Morgan fingerprint density at radius 2 is 1.54 bits per heavy atom. The van der Waals surface area contributed by atoms with Crippen LogP contribution in [0.15, 0.2) is 6.20 Å². The molecule has 0 saturated carbocycles. The van der Waals surface area contributed by atoms with Crippen molar-refractivity contribution in [3.8, 4) is 0 Å². The zero-order chi connectivity index (χ0) is 27.3. The number of halogens is 3. The van der Waals surface area contributed by atoms with E-state index in [1.807, 2.05) is 0 Å². The molecule has 0 aromatic carbocycles. The van der Waals surface area contributed by atoms with E-state index in [9.17, 15) is 57.6 Å². The first-order chi connectivity index (χ1) is 15.8. The number of nitrogens with zero attached hydrogens (tertiary/aromatic N) is 1. The fraction of sp³-hybridized carbons (Fsp3) is 0.579. The first-order valence-corrected chi connectivity index (χ1v) is 10.5. The number of aromatic nitrogens is 1. The van der Waals surface area contributed by atoms with Gasteiger partial charge in [0.2, 0.25) is 11.2 Å². The Hall–Kier alpha value is -2.63. The van der Waals surface area contributed by atoms with E-state index < -0.39 is 80.3 Å². The highest BCUT2D eigenvalue weighted by Crippen LogP contribution is 2.48. The Balaban J connectivity index is 2.74. The quantitative estimate of drug-likeness (QED) is 0.257. The molecule has 6 atom stereocenters. The van der Waals surface area contributed by atoms with Crippen LogP contribution in [0.25, 0.3) is 0 Å². The fourth-order valence-corrected chi connectivity index (χ4v) is 4.61. The second kappa shape index (κ2) is 9.11. The van der Waals surface area contributed by atoms with Crippen LogP contribution in [0.2, 0.25) is 0 Å². The molecule has 0 spiro atoms. The third kappa shape index (κ3) is 4.19. The van der Waals surface area contributed by atoms with E-state index >= 15 is 0 Å². The summed E-state index contributed by atoms with van der Waals surface area (Å²) >= 11 is 0.0850. The lowest BCUT2D eigenvalue weighted by Gasteiger charge is -2.58. The number of rotatable bonds is 8. The number of ketones is 5. The summed E-state index contributed by atoms with van der Waals surface area (Å²) < 4.78 is 43.4. The summed E-state index contributed by atoms with van der Waals surface area (Å²) in [5.74, 6) is -7.90. The molecule has 0 amide bonds. The van der Waals surface area contributed by atoms with Crippen LogP contribution in [-0.4, -0.2) is 95.7 Å². The Bertz CT molecular complexity index is 1090. The minimum absolute atomic E-state index is 0.0850. The smallest absolute Gasteiger partial charge is 0.382 e. The summed E-state index contributed by atoms with van der Waals surface area (Å²) in [6.07, 6.45) is -12.0. The number of aliphatic hydroxyl groups excluding tert-OH is 1. The molecule has 194 valence electrons. The van der Waals surface area contributed by atoms with Gasteiger partial charge in [0, 0.05) is 0 Å². The molecule has 0 aliphatic carbocycles. The summed E-state index contributed by atoms with van der Waals surface area (Å²) in [5.41, 5.74) is -10.8. The van der Waals surface area contributed by atoms with E-state index in [0.717, 1.165) is 6.92 Å². The van der Waals surface area contributed by atoms with Crippen molar-refractivity contribution >= 4 is 45.4 Å². The standard InChI is InChI=1S/C19H21F3N2O10S/c1-6(25)11(29)13-16(31,7(2)26)18(33,9(4)28)17(32,8(3)27)14(34-13)24-15-23-5-10(35-15)12(30)19(20,21)22/h5,11,13-14,29,31-33H,1-4H3,(H,23,24)/t11?,13-,14-,16-,17-,18+/m1/s1. The average Bonchev–Trinajstić information content (AvgIpc) is 3.19. The molecule has 35 heavy (non-hydrogen) atoms. The molecule has 0 bridgehead atoms. The van der Waals surface area contributed by atoms with Gasteiger partial charge < -0.3 is 30.5 Å². The average molecular weight is 526 g/mol. The van der Waals surface area contributed by atoms with E-state index in [-0.39, 0.29) is 11.3 Å². The van der Waals surface area contributed by atoms with E-state index in [2.05, 4.69) is 10.3 Å². The zero-order valence-corrected chi connectivity index (χ0v) is 19.4. The third-order valence-electron chi connectivity index (χ3n) is 5.70. The molecule has 1 aliphatic heterocycles. The predicted molar refractivity (Wildman–Crippen MR) is 108 cm³/mol. The van der Waals surface area contributed by atoms with Crippen LogP contribution < -0.4 is 5.32 Å². The molecule has 5 N–H and O–H groups in total. The van der Waals surface area contributed by atoms with Crippen LogP contribution in [0.4, 0.5) is 18.3 Å². The maximum atomic E-state index is 12.7. The molecular formula is C19H21F3N2O10S. The number of Topliss-reactive ketones (excluding diaryl/α,β-unsaturated/α-hetero) is 5. The first-order valence-electron chi connectivity index (χ1n) is 9.65. The molecule has 0 radical (unpaired) electrons. The molecule has 1 aromatic rings. The van der Waals surface area contributed by atoms with E-state index in [1.165, 1.54) is 0 Å². The lowest BCUT2D eigenvalue weighted by Crippen LogP contribution is -2.88. The number of aliphatic hydroxyl groups is 4. The van der Waals surface area contributed by atoms with E-state index in [0.29, 0.717) is 27.0 Å². The number of thiazole rings is 1. The molecule has 2 rings (SSSR count). The highest BCUT2D eigenvalue weighted by Gasteiger charge is 2.79. The van der Waals surface area contributed by atoms with Crippen LogP contribution in [0.3, 0.4) is 0 Å². The molecule has 1 fully saturated rings. The van der Waals surface area contributed by atoms with Crippen molar-refractivity contribution in [1.82, 2.24) is 4.98 Å². The van der Waals surface area contributed by atoms with Crippen molar-refractivity contribution in [3.63, 3.8) is 0 Å². The van der Waals surface area contributed by atoms with Gasteiger partial charge in [0.1, 0.15) is 17.1 Å². The molecule has 12 nitrogen and oxygen atoms in total. The minimum atomic E-state index is -5.26. The molecule has 16 heteroatoms. The minimum Gasteiger partial charge on any atom is -0.382 e. The van der Waals surface area contributed by atoms with Crippen LogP contribution in [0.1, 0.15) is 37.4 Å². The largest absolute Gasteiger partial charge is 0.455 e. The first kappa shape index (κ1) is 28.6. The summed E-state index contributed by atoms with van der Waals surface area (Å²) in [6, 6.07) is 0. The molecule has 1 unspecified atom stereocenters. The second-order valence-corrected chi connectivity index (χ2v) is 8.94. The second-order valence-electron chi connectivity index (χ2n) is 7.90. The number of ether oxygens (including phenoxy) is 1. The van der Waals surface area contributed by atoms with Gasteiger partial charge in [-0.1, -0.05) is 11.3 Å². The number of anilines is 1. The van der Waals surface area contributed by atoms with Gasteiger partial charge in [-0.2, -0.15) is 13.2 Å². The van der Waals surface area contributed by atoms with Crippen LogP contribution >= 0.6 is 11.3 Å². The maximum absolute atomic E-state index is 12.7. The van der Waals surface area contributed by atoms with Gasteiger partial charge >= 0.3 is 6.18 Å². The van der Waals surface area contributed by atoms with Crippen molar-refractivity contribution in [2.24, 2.45) is 0 Å². The van der Waals surface area contributed by atoms with Gasteiger partial charge in [0.15, 0.2) is 40.1 Å². The van der Waals surface area contributed by atoms with Crippen molar-refractivity contribution in [2.75, 3.05) is 5.32 Å². The summed E-state index contributed by atoms with van der Waals surface area (Å²) in [7, 11) is 0. The summed E-state index contributed by atoms with van der Waals surface area (Å²) in [6.45, 7) is 2.65. The van der Waals surface area contributed by atoms with Gasteiger partial charge in [-0.15, -0.1) is 0 Å². The lowest BCUT2D eigenvalue weighted by molar-refractivity contribution is -0.322. The van der Waals surface area contributed by atoms with Crippen molar-refractivity contribution in [3.05, 3.63) is 11.1 Å². The maximum Gasteiger partial charge on any atom is 0.455 e. The number of nitrogens with one attached hydrogen (secondary N) is 1. The van der Waals surface area contributed by atoms with E-state index in [4.69, 9.17) is 4.74 Å². The van der Waals surface area contributed by atoms with Gasteiger partial charge in [0.05, 0.1) is 6.20 Å². The summed E-state index contributed by atoms with van der Waals surface area (Å²) in [4.78, 5) is 63.5. The van der Waals surface area contributed by atoms with Gasteiger partial charge in [0.25, 0.3) is 5.78 Å². The lowest BCUT2D eigenvalue weighted by atomic mass is 9.59. The summed E-state index contributed by atoms with van der Waals surface area (Å²) in [5, 5.41) is 45.6. The highest BCUT2D eigenvalue weighted by molar-refractivity contribution is 7.17. The van der Waals surface area contributed by atoms with Crippen LogP contribution in [-0.2, 0) is 23.9 Å². The molecule has 1 aromatic heterocycles. The monoisotopic (exact) mass is 526 g/mol. The van der Waals surface area contributed by atoms with Crippen molar-refractivity contribution in [1.29, 1.82) is 0 Å². The van der Waals surface area contributed by atoms with Crippen molar-refractivity contribution < 1.29 is 62.3 Å². The highest BCUT2D eigenvalue weighted by atomic mass is 32.1. The normalized spacial score (nSPS) is 32.0. The molecule has 2 heterocycles. The zero-order valence-electron chi connectivity index (χ0n) is 18.5. The Morgan fingerprint density at radius 1 is 1.03 bits per heavy atom. The number of alkyl halides is 3. The number of hydrogen-bond acceptors (Lipinski definition) is 13. The van der Waals surface area contributed by atoms with Gasteiger partial charge in [-0.25, -0.2) is 4.98 Å². The fourth-order valence-electron chi connectivity index (χ4n) is 3.81. The Kier molecular flexibility index (Phi) is 7.44. The Labute approximate surface area is 198 Å². The number of carbonyl (C=O) groups is 5. The van der Waals surface area contributed by atoms with Gasteiger partial charge in [-0.05, 0) is 27.7 Å². The number of carbonyl (C=O) groups excluding carboxylic acids is 5. The van der Waals surface area contributed by atoms with E-state index in [1.54, 1.807) is 0 Å². The SMILES string of the molecule is CC(=O)C(O)[C@H]1O[C@@H](Nc2ncc(C(=O)C(F)(F)F)s2)[C@](O)(C(C)=O)[C@](O)(C(C)=O)[C@@]1(O)C(C)=O. The molecule has 1 aliphatic rings. The predicted octanol–water partition coefficient (Wildman–Crippen LogP) is -1.06. The molecular weight excluding hydrogens is 505 g/mol. The number of hydrogen-bond donors (Lipinski definition) is 5.